The number of aromatic hydroxyl groups is 1. The van der Waals surface area contributed by atoms with Gasteiger partial charge in [0.15, 0.2) is 0 Å². The van der Waals surface area contributed by atoms with Crippen molar-refractivity contribution in [2.45, 2.75) is 6.92 Å². The van der Waals surface area contributed by atoms with Crippen LogP contribution in [-0.4, -0.2) is 15.2 Å². The van der Waals surface area contributed by atoms with Crippen LogP contribution in [0.3, 0.4) is 0 Å². The highest BCUT2D eigenvalue weighted by Gasteiger charge is 2.13. The van der Waals surface area contributed by atoms with Gasteiger partial charge in [0.2, 0.25) is 5.82 Å². The first-order valence-electron chi connectivity index (χ1n) is 6.14. The molecule has 0 aliphatic rings. The van der Waals surface area contributed by atoms with Gasteiger partial charge in [0.25, 0.3) is 5.89 Å². The van der Waals surface area contributed by atoms with Crippen LogP contribution >= 0.6 is 11.6 Å². The van der Waals surface area contributed by atoms with Crippen LogP contribution in [-0.2, 0) is 0 Å². The first-order valence-corrected chi connectivity index (χ1v) is 6.51. The van der Waals surface area contributed by atoms with Crippen molar-refractivity contribution < 1.29 is 14.0 Å². The normalized spacial score (nSPS) is 10.8. The minimum atomic E-state index is -0.327. The summed E-state index contributed by atoms with van der Waals surface area (Å²) in [6.07, 6.45) is 0. The maximum absolute atomic E-state index is 13.6. The minimum absolute atomic E-state index is 0.0271. The molecule has 106 valence electrons. The van der Waals surface area contributed by atoms with E-state index in [0.29, 0.717) is 16.7 Å². The Morgan fingerprint density at radius 3 is 2.62 bits per heavy atom. The molecule has 0 aliphatic heterocycles. The zero-order valence-corrected chi connectivity index (χ0v) is 11.7. The Bertz CT molecular complexity index is 751. The average Bonchev–Trinajstić information content (AvgIpc) is 2.94. The van der Waals surface area contributed by atoms with Gasteiger partial charge >= 0.3 is 0 Å². The topological polar surface area (TPSA) is 59.2 Å². The van der Waals surface area contributed by atoms with Gasteiger partial charge < -0.3 is 9.63 Å². The second kappa shape index (κ2) is 5.18. The van der Waals surface area contributed by atoms with E-state index in [1.807, 2.05) is 0 Å². The van der Waals surface area contributed by atoms with Crippen LogP contribution in [0.2, 0.25) is 5.02 Å². The van der Waals surface area contributed by atoms with Crippen LogP contribution in [0.15, 0.2) is 40.9 Å². The Morgan fingerprint density at radius 1 is 1.14 bits per heavy atom. The lowest BCUT2D eigenvalue weighted by Gasteiger charge is -1.98. The van der Waals surface area contributed by atoms with E-state index < -0.39 is 0 Å². The number of benzene rings is 2. The molecule has 6 heteroatoms. The number of hydrogen-bond acceptors (Lipinski definition) is 4. The number of phenolic OH excluding ortho intramolecular Hbond substituents is 1. The van der Waals surface area contributed by atoms with Crippen molar-refractivity contribution in [1.29, 1.82) is 0 Å². The van der Waals surface area contributed by atoms with Gasteiger partial charge in [0, 0.05) is 11.1 Å². The lowest BCUT2D eigenvalue weighted by molar-refractivity contribution is 0.432. The highest BCUT2D eigenvalue weighted by molar-refractivity contribution is 6.32. The van der Waals surface area contributed by atoms with Gasteiger partial charge in [-0.3, -0.25) is 0 Å². The SMILES string of the molecule is Cc1ccc(-c2noc(-c3ccc(O)c(Cl)c3)n2)cc1F. The number of rotatable bonds is 2. The predicted molar refractivity (Wildman–Crippen MR) is 76.5 cm³/mol. The molecule has 0 saturated carbocycles. The Hall–Kier alpha value is -2.40. The molecule has 1 heterocycles. The minimum Gasteiger partial charge on any atom is -0.506 e. The van der Waals surface area contributed by atoms with Crippen LogP contribution in [0, 0.1) is 12.7 Å². The number of hydrogen-bond donors (Lipinski definition) is 1. The molecular formula is C15H10ClFN2O2. The molecule has 3 aromatic rings. The summed E-state index contributed by atoms with van der Waals surface area (Å²) in [6, 6.07) is 9.29. The van der Waals surface area contributed by atoms with E-state index in [1.165, 1.54) is 18.2 Å². The third-order valence-corrected chi connectivity index (χ3v) is 3.35. The molecule has 0 radical (unpaired) electrons. The van der Waals surface area contributed by atoms with E-state index in [2.05, 4.69) is 10.1 Å². The summed E-state index contributed by atoms with van der Waals surface area (Å²) < 4.78 is 18.7. The molecular weight excluding hydrogens is 295 g/mol. The van der Waals surface area contributed by atoms with Crippen molar-refractivity contribution in [2.75, 3.05) is 0 Å². The zero-order chi connectivity index (χ0) is 15.0. The molecule has 4 nitrogen and oxygen atoms in total. The molecule has 0 fully saturated rings. The number of aryl methyl sites for hydroxylation is 1. The van der Waals surface area contributed by atoms with E-state index in [9.17, 15) is 9.50 Å². The summed E-state index contributed by atoms with van der Waals surface area (Å²) >= 11 is 5.84. The maximum atomic E-state index is 13.6. The van der Waals surface area contributed by atoms with E-state index in [1.54, 1.807) is 25.1 Å². The fourth-order valence-corrected chi connectivity index (χ4v) is 2.01. The van der Waals surface area contributed by atoms with Gasteiger partial charge in [-0.2, -0.15) is 4.98 Å². The second-order valence-electron chi connectivity index (χ2n) is 4.55. The van der Waals surface area contributed by atoms with Gasteiger partial charge in [0.1, 0.15) is 11.6 Å². The van der Waals surface area contributed by atoms with Crippen molar-refractivity contribution in [1.82, 2.24) is 10.1 Å². The van der Waals surface area contributed by atoms with Crippen LogP contribution in [0.25, 0.3) is 22.8 Å². The van der Waals surface area contributed by atoms with E-state index in [-0.39, 0.29) is 28.3 Å². The standard InChI is InChI=1S/C15H10ClFN2O2/c1-8-2-3-9(7-12(8)17)14-18-15(21-19-14)10-4-5-13(20)11(16)6-10/h2-7,20H,1H3. The van der Waals surface area contributed by atoms with Crippen LogP contribution in [0.4, 0.5) is 4.39 Å². The summed E-state index contributed by atoms with van der Waals surface area (Å²) in [5.74, 6) is 0.174. The fourth-order valence-electron chi connectivity index (χ4n) is 1.83. The summed E-state index contributed by atoms with van der Waals surface area (Å²) in [7, 11) is 0. The van der Waals surface area contributed by atoms with Crippen LogP contribution < -0.4 is 0 Å². The van der Waals surface area contributed by atoms with Crippen molar-refractivity contribution in [3.8, 4) is 28.6 Å². The fraction of sp³-hybridized carbons (Fsp3) is 0.0667. The van der Waals surface area contributed by atoms with Crippen molar-refractivity contribution >= 4 is 11.6 Å². The van der Waals surface area contributed by atoms with E-state index >= 15 is 0 Å². The summed E-state index contributed by atoms with van der Waals surface area (Å²) in [5.41, 5.74) is 1.65. The zero-order valence-electron chi connectivity index (χ0n) is 11.0. The van der Waals surface area contributed by atoms with Gasteiger partial charge in [-0.25, -0.2) is 4.39 Å². The molecule has 0 spiro atoms. The third kappa shape index (κ3) is 2.60. The maximum Gasteiger partial charge on any atom is 0.258 e. The predicted octanol–water partition coefficient (Wildman–Crippen LogP) is 4.21. The van der Waals surface area contributed by atoms with Gasteiger partial charge in [-0.15, -0.1) is 0 Å². The molecule has 3 rings (SSSR count). The smallest absolute Gasteiger partial charge is 0.258 e. The third-order valence-electron chi connectivity index (χ3n) is 3.05. The molecule has 1 aromatic heterocycles. The second-order valence-corrected chi connectivity index (χ2v) is 4.96. The summed E-state index contributed by atoms with van der Waals surface area (Å²) in [4.78, 5) is 4.21. The molecule has 0 atom stereocenters. The largest absolute Gasteiger partial charge is 0.506 e. The number of aromatic nitrogens is 2. The molecule has 0 amide bonds. The van der Waals surface area contributed by atoms with E-state index in [4.69, 9.17) is 16.1 Å². The molecule has 0 saturated heterocycles. The Labute approximate surface area is 124 Å². The number of nitrogens with zero attached hydrogens (tertiary/aromatic N) is 2. The molecule has 1 N–H and O–H groups in total. The molecule has 0 bridgehead atoms. The molecule has 2 aromatic carbocycles. The van der Waals surface area contributed by atoms with Crippen LogP contribution in [0.1, 0.15) is 5.56 Å². The van der Waals surface area contributed by atoms with Crippen molar-refractivity contribution in [2.24, 2.45) is 0 Å². The first kappa shape index (κ1) is 13.6. The quantitative estimate of drug-likeness (QED) is 0.770. The Kier molecular flexibility index (Phi) is 3.35. The number of phenols is 1. The highest BCUT2D eigenvalue weighted by Crippen LogP contribution is 2.29. The van der Waals surface area contributed by atoms with Crippen molar-refractivity contribution in [3.05, 3.63) is 52.8 Å². The number of halogens is 2. The van der Waals surface area contributed by atoms with Gasteiger partial charge in [-0.1, -0.05) is 28.9 Å². The Morgan fingerprint density at radius 2 is 1.90 bits per heavy atom. The summed E-state index contributed by atoms with van der Waals surface area (Å²) in [5, 5.41) is 13.4. The van der Waals surface area contributed by atoms with Crippen molar-refractivity contribution in [3.63, 3.8) is 0 Å². The molecule has 0 unspecified atom stereocenters. The van der Waals surface area contributed by atoms with Gasteiger partial charge in [0.05, 0.1) is 5.02 Å². The van der Waals surface area contributed by atoms with Crippen LogP contribution in [0.5, 0.6) is 5.75 Å². The lowest BCUT2D eigenvalue weighted by atomic mass is 10.1. The highest BCUT2D eigenvalue weighted by atomic mass is 35.5. The van der Waals surface area contributed by atoms with Gasteiger partial charge in [-0.05, 0) is 36.8 Å². The summed E-state index contributed by atoms with van der Waals surface area (Å²) in [6.45, 7) is 1.68. The molecule has 21 heavy (non-hydrogen) atoms. The van der Waals surface area contributed by atoms with E-state index in [0.717, 1.165) is 0 Å². The first-order chi connectivity index (χ1) is 10.0. The monoisotopic (exact) mass is 304 g/mol. The average molecular weight is 305 g/mol. The Balaban J connectivity index is 1.99. The lowest BCUT2D eigenvalue weighted by Crippen LogP contribution is -1.86. The molecule has 0 aliphatic carbocycles.